The molecule has 1 aromatic rings. The van der Waals surface area contributed by atoms with Crippen molar-refractivity contribution < 1.29 is 14.3 Å². The zero-order valence-corrected chi connectivity index (χ0v) is 12.8. The first-order chi connectivity index (χ1) is 10.4. The number of nitrogens with one attached hydrogen (secondary N) is 1. The number of anilines is 1. The van der Waals surface area contributed by atoms with E-state index in [4.69, 9.17) is 27.3 Å². The largest absolute Gasteiger partial charge is 0.452 e. The number of benzene rings is 1. The van der Waals surface area contributed by atoms with Crippen LogP contribution in [0.5, 0.6) is 0 Å². The van der Waals surface area contributed by atoms with Crippen LogP contribution in [0.3, 0.4) is 0 Å². The van der Waals surface area contributed by atoms with Crippen LogP contribution >= 0.6 is 11.6 Å². The second-order valence-corrected chi connectivity index (χ2v) is 5.88. The lowest BCUT2D eigenvalue weighted by atomic mass is 9.98. The number of nitriles is 1. The van der Waals surface area contributed by atoms with Gasteiger partial charge >= 0.3 is 5.97 Å². The molecule has 3 N–H and O–H groups in total. The molecule has 0 bridgehead atoms. The number of nitrogens with zero attached hydrogens (tertiary/aromatic N) is 1. The Labute approximate surface area is 133 Å². The second-order valence-electron chi connectivity index (χ2n) is 5.44. The molecule has 0 saturated heterocycles. The van der Waals surface area contributed by atoms with Crippen LogP contribution in [0.15, 0.2) is 18.2 Å². The summed E-state index contributed by atoms with van der Waals surface area (Å²) in [5.41, 5.74) is 5.08. The Balaban J connectivity index is 1.91. The summed E-state index contributed by atoms with van der Waals surface area (Å²) in [7, 11) is 0. The number of carbonyl (C=O) groups excluding carboxylic acids is 2. The third-order valence-corrected chi connectivity index (χ3v) is 3.83. The lowest BCUT2D eigenvalue weighted by Crippen LogP contribution is -2.48. The fourth-order valence-electron chi connectivity index (χ4n) is 2.14. The van der Waals surface area contributed by atoms with Crippen molar-refractivity contribution in [3.8, 4) is 6.07 Å². The third kappa shape index (κ3) is 3.68. The molecule has 2 rings (SSSR count). The molecule has 1 aromatic carbocycles. The number of halogens is 1. The van der Waals surface area contributed by atoms with E-state index in [0.717, 1.165) is 12.8 Å². The Hall–Kier alpha value is -2.26. The van der Waals surface area contributed by atoms with Crippen LogP contribution in [0.2, 0.25) is 5.02 Å². The van der Waals surface area contributed by atoms with Crippen molar-refractivity contribution in [3.05, 3.63) is 28.8 Å². The summed E-state index contributed by atoms with van der Waals surface area (Å²) in [5.74, 6) is -1.07. The molecule has 0 aliphatic heterocycles. The normalized spacial score (nSPS) is 16.2. The minimum atomic E-state index is -0.914. The summed E-state index contributed by atoms with van der Waals surface area (Å²) in [6, 6.07) is 6.47. The van der Waals surface area contributed by atoms with Gasteiger partial charge in [-0.2, -0.15) is 5.26 Å². The monoisotopic (exact) mass is 321 g/mol. The van der Waals surface area contributed by atoms with Crippen LogP contribution in [-0.4, -0.2) is 24.0 Å². The van der Waals surface area contributed by atoms with E-state index >= 15 is 0 Å². The van der Waals surface area contributed by atoms with Crippen LogP contribution in [-0.2, 0) is 9.53 Å². The molecule has 0 heterocycles. The number of hydrogen-bond acceptors (Lipinski definition) is 5. The molecule has 1 aliphatic carbocycles. The first-order valence-corrected chi connectivity index (χ1v) is 7.18. The third-order valence-electron chi connectivity index (χ3n) is 3.59. The summed E-state index contributed by atoms with van der Waals surface area (Å²) < 4.78 is 4.92. The van der Waals surface area contributed by atoms with E-state index in [1.807, 2.05) is 0 Å². The average molecular weight is 322 g/mol. The molecule has 7 heteroatoms. The van der Waals surface area contributed by atoms with Gasteiger partial charge in [-0.25, -0.2) is 4.79 Å². The van der Waals surface area contributed by atoms with Crippen molar-refractivity contribution in [3.63, 3.8) is 0 Å². The Morgan fingerprint density at radius 2 is 2.23 bits per heavy atom. The number of esters is 1. The summed E-state index contributed by atoms with van der Waals surface area (Å²) >= 11 is 5.75. The quantitative estimate of drug-likeness (QED) is 0.636. The fraction of sp³-hybridized carbons (Fsp3) is 0.400. The highest BCUT2D eigenvalue weighted by Crippen LogP contribution is 2.39. The van der Waals surface area contributed by atoms with Gasteiger partial charge in [0, 0.05) is 10.7 Å². The highest BCUT2D eigenvalue weighted by atomic mass is 35.5. The van der Waals surface area contributed by atoms with Crippen molar-refractivity contribution in [2.24, 2.45) is 5.92 Å². The predicted octanol–water partition coefficient (Wildman–Crippen LogP) is 1.89. The molecular formula is C15H16ClN3O3. The summed E-state index contributed by atoms with van der Waals surface area (Å²) in [6.45, 7) is 1.20. The van der Waals surface area contributed by atoms with Gasteiger partial charge in [-0.3, -0.25) is 4.79 Å². The molecule has 1 aliphatic rings. The van der Waals surface area contributed by atoms with Gasteiger partial charge in [0.05, 0.1) is 11.6 Å². The van der Waals surface area contributed by atoms with E-state index in [1.54, 1.807) is 6.92 Å². The first kappa shape index (κ1) is 16.1. The van der Waals surface area contributed by atoms with E-state index in [2.05, 4.69) is 11.4 Å². The van der Waals surface area contributed by atoms with Gasteiger partial charge in [0.25, 0.3) is 5.91 Å². The summed E-state index contributed by atoms with van der Waals surface area (Å²) in [5, 5.41) is 12.2. The standard InChI is InChI=1S/C15H16ClN3O3/c1-15(8-17,9-2-3-9)19-13(20)7-22-14(21)11-5-4-10(16)6-12(11)18/h4-6,9H,2-3,7,18H2,1H3,(H,19,20). The maximum Gasteiger partial charge on any atom is 0.340 e. The van der Waals surface area contributed by atoms with Gasteiger partial charge in [0.1, 0.15) is 5.54 Å². The molecule has 0 radical (unpaired) electrons. The zero-order chi connectivity index (χ0) is 16.3. The number of nitrogens with two attached hydrogens (primary N) is 1. The van der Waals surface area contributed by atoms with Crippen LogP contribution in [0.4, 0.5) is 5.69 Å². The van der Waals surface area contributed by atoms with Crippen LogP contribution in [0, 0.1) is 17.2 Å². The van der Waals surface area contributed by atoms with Crippen LogP contribution in [0.1, 0.15) is 30.1 Å². The van der Waals surface area contributed by atoms with Crippen LogP contribution in [0.25, 0.3) is 0 Å². The molecule has 6 nitrogen and oxygen atoms in total. The zero-order valence-electron chi connectivity index (χ0n) is 12.1. The van der Waals surface area contributed by atoms with Gasteiger partial charge in [0.15, 0.2) is 6.61 Å². The maximum atomic E-state index is 11.9. The van der Waals surface area contributed by atoms with E-state index in [-0.39, 0.29) is 17.2 Å². The number of nitrogen functional groups attached to an aromatic ring is 1. The minimum absolute atomic E-state index is 0.141. The summed E-state index contributed by atoms with van der Waals surface area (Å²) in [6.07, 6.45) is 1.82. The Morgan fingerprint density at radius 1 is 1.55 bits per heavy atom. The number of amides is 1. The number of carbonyl (C=O) groups is 2. The lowest BCUT2D eigenvalue weighted by molar-refractivity contribution is -0.125. The number of hydrogen-bond donors (Lipinski definition) is 2. The van der Waals surface area contributed by atoms with Gasteiger partial charge in [0.2, 0.25) is 0 Å². The maximum absolute atomic E-state index is 11.9. The van der Waals surface area contributed by atoms with Crippen molar-refractivity contribution in [1.29, 1.82) is 5.26 Å². The molecule has 0 spiro atoms. The van der Waals surface area contributed by atoms with E-state index in [1.165, 1.54) is 18.2 Å². The van der Waals surface area contributed by atoms with Crippen molar-refractivity contribution in [2.45, 2.75) is 25.3 Å². The second kappa shape index (κ2) is 6.24. The minimum Gasteiger partial charge on any atom is -0.452 e. The van der Waals surface area contributed by atoms with Crippen LogP contribution < -0.4 is 11.1 Å². The highest BCUT2D eigenvalue weighted by molar-refractivity contribution is 6.31. The Bertz CT molecular complexity index is 652. The van der Waals surface area contributed by atoms with Crippen molar-refractivity contribution in [1.82, 2.24) is 5.32 Å². The first-order valence-electron chi connectivity index (χ1n) is 6.80. The van der Waals surface area contributed by atoms with Gasteiger partial charge < -0.3 is 15.8 Å². The van der Waals surface area contributed by atoms with E-state index < -0.39 is 24.0 Å². The van der Waals surface area contributed by atoms with E-state index in [9.17, 15) is 9.59 Å². The molecule has 1 unspecified atom stereocenters. The Morgan fingerprint density at radius 3 is 2.77 bits per heavy atom. The molecular weight excluding hydrogens is 306 g/mol. The molecule has 1 amide bonds. The number of rotatable bonds is 5. The molecule has 1 atom stereocenters. The molecule has 1 saturated carbocycles. The number of ether oxygens (including phenoxy) is 1. The van der Waals surface area contributed by atoms with Gasteiger partial charge in [-0.05, 0) is 43.9 Å². The highest BCUT2D eigenvalue weighted by Gasteiger charge is 2.43. The Kier molecular flexibility index (Phi) is 4.57. The SMILES string of the molecule is CC(C#N)(NC(=O)COC(=O)c1ccc(Cl)cc1N)C1CC1. The predicted molar refractivity (Wildman–Crippen MR) is 81.0 cm³/mol. The smallest absolute Gasteiger partial charge is 0.340 e. The van der Waals surface area contributed by atoms with E-state index in [0.29, 0.717) is 5.02 Å². The summed E-state index contributed by atoms with van der Waals surface area (Å²) in [4.78, 5) is 23.7. The average Bonchev–Trinajstić information content (AvgIpc) is 3.29. The van der Waals surface area contributed by atoms with Gasteiger partial charge in [-0.15, -0.1) is 0 Å². The lowest BCUT2D eigenvalue weighted by Gasteiger charge is -2.22. The molecule has 1 fully saturated rings. The van der Waals surface area contributed by atoms with Crippen molar-refractivity contribution in [2.75, 3.05) is 12.3 Å². The fourth-order valence-corrected chi connectivity index (χ4v) is 2.32. The van der Waals surface area contributed by atoms with Crippen molar-refractivity contribution >= 4 is 29.2 Å². The molecule has 0 aromatic heterocycles. The topological polar surface area (TPSA) is 105 Å². The molecule has 22 heavy (non-hydrogen) atoms. The molecule has 116 valence electrons. The van der Waals surface area contributed by atoms with Gasteiger partial charge in [-0.1, -0.05) is 11.6 Å².